The molecule has 0 amide bonds. The highest BCUT2D eigenvalue weighted by atomic mass is 19.4. The van der Waals surface area contributed by atoms with Crippen molar-refractivity contribution < 1.29 is 44.6 Å². The summed E-state index contributed by atoms with van der Waals surface area (Å²) >= 11 is 0. The number of benzene rings is 4. The Balaban J connectivity index is 1.74. The number of ether oxygens (including phenoxy) is 2. The van der Waals surface area contributed by atoms with Gasteiger partial charge in [-0.05, 0) is 59.7 Å². The Labute approximate surface area is 216 Å². The van der Waals surface area contributed by atoms with Crippen molar-refractivity contribution in [3.8, 4) is 23.0 Å². The van der Waals surface area contributed by atoms with E-state index in [0.717, 1.165) is 48.5 Å². The second-order valence-corrected chi connectivity index (χ2v) is 8.38. The normalized spacial score (nSPS) is 12.3. The van der Waals surface area contributed by atoms with Gasteiger partial charge >= 0.3 is 12.4 Å². The molecule has 12 heteroatoms. The molecule has 39 heavy (non-hydrogen) atoms. The molecule has 0 aliphatic rings. The van der Waals surface area contributed by atoms with Gasteiger partial charge in [0.1, 0.15) is 11.5 Å². The van der Waals surface area contributed by atoms with E-state index < -0.39 is 40.5 Å². The van der Waals surface area contributed by atoms with Gasteiger partial charge in [0, 0.05) is 23.5 Å². The molecule has 4 rings (SSSR count). The van der Waals surface area contributed by atoms with Crippen LogP contribution in [0.1, 0.15) is 11.1 Å². The molecule has 4 nitrogen and oxygen atoms in total. The molecule has 4 aromatic rings. The van der Waals surface area contributed by atoms with Gasteiger partial charge in [0.2, 0.25) is 5.41 Å². The maximum Gasteiger partial charge on any atom is 0.411 e. The van der Waals surface area contributed by atoms with Gasteiger partial charge in [0.15, 0.2) is 23.1 Å². The van der Waals surface area contributed by atoms with Gasteiger partial charge in [-0.25, -0.2) is 8.78 Å². The van der Waals surface area contributed by atoms with Gasteiger partial charge in [-0.2, -0.15) is 26.3 Å². The first-order chi connectivity index (χ1) is 18.2. The summed E-state index contributed by atoms with van der Waals surface area (Å²) in [7, 11) is 0. The number of hydrogen-bond donors (Lipinski definition) is 2. The standard InChI is InChI=1S/C27H18F8N2O2/c28-21-11-5-17(36)13-23(21)38-19-7-1-15(2-8-19)25(26(30,31)32,27(33,34)35)16-3-9-20(10-4-16)39-24-14-18(37)6-12-22(24)29/h1-14H,36-37H2. The maximum atomic E-state index is 14.4. The van der Waals surface area contributed by atoms with Crippen LogP contribution in [0.2, 0.25) is 0 Å². The van der Waals surface area contributed by atoms with Crippen molar-refractivity contribution in [2.45, 2.75) is 17.8 Å². The van der Waals surface area contributed by atoms with Gasteiger partial charge in [0.25, 0.3) is 0 Å². The highest BCUT2D eigenvalue weighted by molar-refractivity contribution is 5.50. The second kappa shape index (κ2) is 10.0. The third kappa shape index (κ3) is 5.27. The Hall–Kier alpha value is -4.48. The second-order valence-electron chi connectivity index (χ2n) is 8.38. The fourth-order valence-corrected chi connectivity index (χ4v) is 3.98. The minimum atomic E-state index is -5.85. The van der Waals surface area contributed by atoms with Crippen LogP contribution in [0, 0.1) is 11.6 Å². The van der Waals surface area contributed by atoms with Gasteiger partial charge in [0.05, 0.1) is 0 Å². The number of anilines is 2. The van der Waals surface area contributed by atoms with E-state index in [1.54, 1.807) is 0 Å². The molecule has 0 saturated carbocycles. The Kier molecular flexibility index (Phi) is 7.07. The SMILES string of the molecule is Nc1ccc(F)c(Oc2ccc(C(c3ccc(Oc4cc(N)ccc4F)cc3)(C(F)(F)F)C(F)(F)F)cc2)c1. The highest BCUT2D eigenvalue weighted by Crippen LogP contribution is 2.56. The summed E-state index contributed by atoms with van der Waals surface area (Å²) in [6, 6.07) is 12.5. The first-order valence-corrected chi connectivity index (χ1v) is 11.0. The summed E-state index contributed by atoms with van der Waals surface area (Å²) < 4.78 is 125. The van der Waals surface area contributed by atoms with Crippen LogP contribution >= 0.6 is 0 Å². The van der Waals surface area contributed by atoms with Crippen molar-refractivity contribution in [2.24, 2.45) is 0 Å². The van der Waals surface area contributed by atoms with Crippen LogP contribution in [-0.4, -0.2) is 12.4 Å². The molecule has 204 valence electrons. The molecule has 4 aromatic carbocycles. The van der Waals surface area contributed by atoms with Crippen LogP contribution < -0.4 is 20.9 Å². The molecule has 0 saturated heterocycles. The van der Waals surface area contributed by atoms with Crippen molar-refractivity contribution in [3.63, 3.8) is 0 Å². The zero-order valence-corrected chi connectivity index (χ0v) is 19.6. The predicted molar refractivity (Wildman–Crippen MR) is 128 cm³/mol. The van der Waals surface area contributed by atoms with Gasteiger partial charge in [-0.15, -0.1) is 0 Å². The molecular weight excluding hydrogens is 536 g/mol. The Morgan fingerprint density at radius 3 is 1.13 bits per heavy atom. The average Bonchev–Trinajstić information content (AvgIpc) is 2.84. The smallest absolute Gasteiger partial charge is 0.411 e. The lowest BCUT2D eigenvalue weighted by Crippen LogP contribution is -2.54. The number of halogens is 8. The van der Waals surface area contributed by atoms with Gasteiger partial charge < -0.3 is 20.9 Å². The van der Waals surface area contributed by atoms with Gasteiger partial charge in [-0.1, -0.05) is 24.3 Å². The minimum Gasteiger partial charge on any atom is -0.454 e. The molecule has 0 aliphatic carbocycles. The van der Waals surface area contributed by atoms with Crippen LogP contribution in [0.3, 0.4) is 0 Å². The summed E-state index contributed by atoms with van der Waals surface area (Å²) in [6.45, 7) is 0. The predicted octanol–water partition coefficient (Wildman–Crippen LogP) is 8.12. The van der Waals surface area contributed by atoms with E-state index in [1.807, 2.05) is 0 Å². The van der Waals surface area contributed by atoms with Crippen molar-refractivity contribution in [1.29, 1.82) is 0 Å². The van der Waals surface area contributed by atoms with Crippen molar-refractivity contribution in [3.05, 3.63) is 108 Å². The van der Waals surface area contributed by atoms with Crippen LogP contribution in [0.4, 0.5) is 46.5 Å². The quantitative estimate of drug-likeness (QED) is 0.187. The number of hydrogen-bond acceptors (Lipinski definition) is 4. The Morgan fingerprint density at radius 2 is 0.821 bits per heavy atom. The molecule has 0 aliphatic heterocycles. The highest BCUT2D eigenvalue weighted by Gasteiger charge is 2.72. The fourth-order valence-electron chi connectivity index (χ4n) is 3.98. The molecule has 0 radical (unpaired) electrons. The van der Waals surface area contributed by atoms with E-state index >= 15 is 0 Å². The molecule has 0 atom stereocenters. The summed E-state index contributed by atoms with van der Waals surface area (Å²) in [6.07, 6.45) is -11.7. The van der Waals surface area contributed by atoms with Crippen LogP contribution in [0.5, 0.6) is 23.0 Å². The lowest BCUT2D eigenvalue weighted by Gasteiger charge is -2.38. The number of nitrogens with two attached hydrogens (primary N) is 2. The Bertz CT molecular complexity index is 1350. The van der Waals surface area contributed by atoms with Crippen LogP contribution in [0.25, 0.3) is 0 Å². The average molecular weight is 554 g/mol. The summed E-state index contributed by atoms with van der Waals surface area (Å²) in [5, 5.41) is 0. The lowest BCUT2D eigenvalue weighted by molar-refractivity contribution is -0.288. The summed E-state index contributed by atoms with van der Waals surface area (Å²) in [4.78, 5) is 0. The first kappa shape index (κ1) is 27.6. The fraction of sp³-hybridized carbons (Fsp3) is 0.111. The molecule has 0 bridgehead atoms. The first-order valence-electron chi connectivity index (χ1n) is 11.0. The Morgan fingerprint density at radius 1 is 0.487 bits per heavy atom. The molecular formula is C27H18F8N2O2. The van der Waals surface area contributed by atoms with Crippen LogP contribution in [0.15, 0.2) is 84.9 Å². The van der Waals surface area contributed by atoms with E-state index in [1.165, 1.54) is 12.1 Å². The van der Waals surface area contributed by atoms with Crippen molar-refractivity contribution in [2.75, 3.05) is 11.5 Å². The number of nitrogen functional groups attached to an aromatic ring is 2. The summed E-state index contributed by atoms with van der Waals surface area (Å²) in [5.74, 6) is -2.87. The van der Waals surface area contributed by atoms with Crippen molar-refractivity contribution in [1.82, 2.24) is 0 Å². The van der Waals surface area contributed by atoms with E-state index in [2.05, 4.69) is 0 Å². The van der Waals surface area contributed by atoms with E-state index in [4.69, 9.17) is 20.9 Å². The maximum absolute atomic E-state index is 14.4. The summed E-state index contributed by atoms with van der Waals surface area (Å²) in [5.41, 5.74) is 4.58. The minimum absolute atomic E-state index is 0.127. The lowest BCUT2D eigenvalue weighted by atomic mass is 9.73. The number of alkyl halides is 6. The molecule has 0 fully saturated rings. The van der Waals surface area contributed by atoms with Gasteiger partial charge in [-0.3, -0.25) is 0 Å². The molecule has 0 aromatic heterocycles. The molecule has 0 unspecified atom stereocenters. The zero-order chi connectivity index (χ0) is 28.6. The topological polar surface area (TPSA) is 70.5 Å². The van der Waals surface area contributed by atoms with Crippen LogP contribution in [-0.2, 0) is 5.41 Å². The van der Waals surface area contributed by atoms with Crippen molar-refractivity contribution >= 4 is 11.4 Å². The largest absolute Gasteiger partial charge is 0.454 e. The number of rotatable bonds is 6. The molecule has 0 heterocycles. The third-order valence-corrected chi connectivity index (χ3v) is 5.79. The van der Waals surface area contributed by atoms with E-state index in [-0.39, 0.29) is 34.4 Å². The van der Waals surface area contributed by atoms with E-state index in [9.17, 15) is 35.1 Å². The molecule has 4 N–H and O–H groups in total. The van der Waals surface area contributed by atoms with E-state index in [0.29, 0.717) is 24.3 Å². The third-order valence-electron chi connectivity index (χ3n) is 5.79. The monoisotopic (exact) mass is 554 g/mol. The zero-order valence-electron chi connectivity index (χ0n) is 19.6. The molecule has 0 spiro atoms.